The Morgan fingerprint density at radius 3 is 2.75 bits per heavy atom. The van der Waals surface area contributed by atoms with Crippen molar-refractivity contribution in [1.29, 1.82) is 0 Å². The van der Waals surface area contributed by atoms with E-state index in [1.807, 2.05) is 25.7 Å². The summed E-state index contributed by atoms with van der Waals surface area (Å²) in [5.74, 6) is 1.10. The highest BCUT2D eigenvalue weighted by atomic mass is 32.2. The summed E-state index contributed by atoms with van der Waals surface area (Å²) < 4.78 is 1.71. The van der Waals surface area contributed by atoms with Gasteiger partial charge in [-0.15, -0.1) is 0 Å². The predicted octanol–water partition coefficient (Wildman–Crippen LogP) is 1.53. The van der Waals surface area contributed by atoms with Gasteiger partial charge < -0.3 is 10.0 Å². The van der Waals surface area contributed by atoms with E-state index in [2.05, 4.69) is 15.0 Å². The van der Waals surface area contributed by atoms with Crippen LogP contribution in [0.15, 0.2) is 6.20 Å². The molecule has 0 unspecified atom stereocenters. The van der Waals surface area contributed by atoms with Crippen LogP contribution in [0.4, 0.5) is 5.69 Å². The lowest BCUT2D eigenvalue weighted by Crippen LogP contribution is -2.34. The number of hydrogen-bond acceptors (Lipinski definition) is 5. The fourth-order valence-corrected chi connectivity index (χ4v) is 3.57. The normalized spacial score (nSPS) is 15.8. The van der Waals surface area contributed by atoms with Crippen LogP contribution >= 0.6 is 11.8 Å². The van der Waals surface area contributed by atoms with Crippen molar-refractivity contribution in [3.05, 3.63) is 17.5 Å². The smallest absolute Gasteiger partial charge is 0.339 e. The first-order valence-corrected chi connectivity index (χ1v) is 7.63. The molecule has 0 bridgehead atoms. The molecule has 1 aliphatic rings. The number of aryl methyl sites for hydroxylation is 2. The van der Waals surface area contributed by atoms with Gasteiger partial charge in [0, 0.05) is 37.8 Å². The van der Waals surface area contributed by atoms with E-state index in [1.165, 1.54) is 6.20 Å². The van der Waals surface area contributed by atoms with Gasteiger partial charge in [0.25, 0.3) is 0 Å². The third-order valence-corrected chi connectivity index (χ3v) is 4.50. The Morgan fingerprint density at radius 2 is 2.10 bits per heavy atom. The summed E-state index contributed by atoms with van der Waals surface area (Å²) in [6.45, 7) is 3.62. The second kappa shape index (κ2) is 4.97. The number of aromatic carboxylic acids is 1. The Morgan fingerprint density at radius 1 is 1.40 bits per heavy atom. The number of carboxylic acid groups (broad SMARTS) is 1. The molecule has 2 aromatic rings. The zero-order valence-corrected chi connectivity index (χ0v) is 12.3. The van der Waals surface area contributed by atoms with Gasteiger partial charge in [-0.25, -0.2) is 9.78 Å². The lowest BCUT2D eigenvalue weighted by molar-refractivity contribution is 0.0697. The molecule has 1 aliphatic heterocycles. The van der Waals surface area contributed by atoms with Crippen LogP contribution in [0.25, 0.3) is 11.0 Å². The molecule has 106 valence electrons. The lowest BCUT2D eigenvalue weighted by atomic mass is 10.1. The minimum Gasteiger partial charge on any atom is -0.478 e. The Hall–Kier alpha value is -1.76. The fourth-order valence-electron chi connectivity index (χ4n) is 2.66. The average Bonchev–Trinajstić information content (AvgIpc) is 2.74. The Kier molecular flexibility index (Phi) is 3.29. The number of carboxylic acids is 1. The maximum Gasteiger partial charge on any atom is 0.339 e. The molecule has 0 amide bonds. The Labute approximate surface area is 120 Å². The minimum absolute atomic E-state index is 0.264. The molecule has 6 nitrogen and oxygen atoms in total. The van der Waals surface area contributed by atoms with Crippen molar-refractivity contribution in [2.45, 2.75) is 6.92 Å². The van der Waals surface area contributed by atoms with E-state index in [9.17, 15) is 9.90 Å². The minimum atomic E-state index is -0.934. The summed E-state index contributed by atoms with van der Waals surface area (Å²) in [7, 11) is 1.83. The van der Waals surface area contributed by atoms with Gasteiger partial charge in [0.1, 0.15) is 5.56 Å². The molecule has 2 aromatic heterocycles. The van der Waals surface area contributed by atoms with E-state index in [-0.39, 0.29) is 5.56 Å². The molecular weight excluding hydrogens is 276 g/mol. The fraction of sp³-hybridized carbons (Fsp3) is 0.462. The molecule has 0 aromatic carbocycles. The van der Waals surface area contributed by atoms with Gasteiger partial charge >= 0.3 is 5.97 Å². The van der Waals surface area contributed by atoms with Gasteiger partial charge in [0.15, 0.2) is 5.65 Å². The third-order valence-electron chi connectivity index (χ3n) is 3.56. The van der Waals surface area contributed by atoms with Gasteiger partial charge in [0.05, 0.1) is 16.8 Å². The number of thioether (sulfide) groups is 1. The van der Waals surface area contributed by atoms with Gasteiger partial charge in [-0.3, -0.25) is 4.68 Å². The number of nitrogens with zero attached hydrogens (tertiary/aromatic N) is 4. The maximum atomic E-state index is 11.5. The van der Waals surface area contributed by atoms with Crippen LogP contribution in [0, 0.1) is 6.92 Å². The van der Waals surface area contributed by atoms with Crippen molar-refractivity contribution < 1.29 is 9.90 Å². The van der Waals surface area contributed by atoms with Crippen LogP contribution in [0.3, 0.4) is 0 Å². The number of pyridine rings is 1. The number of carbonyl (C=O) groups is 1. The summed E-state index contributed by atoms with van der Waals surface area (Å²) >= 11 is 1.90. The van der Waals surface area contributed by atoms with Crippen LogP contribution in [0.1, 0.15) is 16.1 Å². The molecule has 1 saturated heterocycles. The molecule has 1 fully saturated rings. The number of anilines is 1. The molecule has 0 saturated carbocycles. The quantitative estimate of drug-likeness (QED) is 0.905. The van der Waals surface area contributed by atoms with Gasteiger partial charge in [0.2, 0.25) is 0 Å². The first-order valence-electron chi connectivity index (χ1n) is 6.48. The van der Waals surface area contributed by atoms with E-state index < -0.39 is 5.97 Å². The second-order valence-corrected chi connectivity index (χ2v) is 6.06. The van der Waals surface area contributed by atoms with Crippen LogP contribution < -0.4 is 4.90 Å². The third kappa shape index (κ3) is 2.02. The van der Waals surface area contributed by atoms with Crippen molar-refractivity contribution in [1.82, 2.24) is 14.8 Å². The number of rotatable bonds is 2. The van der Waals surface area contributed by atoms with E-state index in [0.717, 1.165) is 47.0 Å². The highest BCUT2D eigenvalue weighted by Gasteiger charge is 2.24. The van der Waals surface area contributed by atoms with Crippen molar-refractivity contribution in [3.8, 4) is 0 Å². The number of aromatic nitrogens is 3. The molecule has 0 atom stereocenters. The maximum absolute atomic E-state index is 11.5. The van der Waals surface area contributed by atoms with E-state index >= 15 is 0 Å². The molecule has 0 aliphatic carbocycles. The molecule has 0 radical (unpaired) electrons. The van der Waals surface area contributed by atoms with Crippen molar-refractivity contribution in [2.75, 3.05) is 29.5 Å². The topological polar surface area (TPSA) is 71.2 Å². The van der Waals surface area contributed by atoms with Crippen molar-refractivity contribution in [2.24, 2.45) is 7.05 Å². The molecule has 3 heterocycles. The summed E-state index contributed by atoms with van der Waals surface area (Å²) in [5.41, 5.74) is 2.60. The zero-order valence-electron chi connectivity index (χ0n) is 11.5. The lowest BCUT2D eigenvalue weighted by Gasteiger charge is -2.30. The first kappa shape index (κ1) is 13.2. The van der Waals surface area contributed by atoms with Crippen LogP contribution in [0.2, 0.25) is 0 Å². The van der Waals surface area contributed by atoms with Crippen molar-refractivity contribution in [3.63, 3.8) is 0 Å². The number of hydrogen-bond donors (Lipinski definition) is 1. The summed E-state index contributed by atoms with van der Waals surface area (Å²) in [5, 5.41) is 14.7. The second-order valence-electron chi connectivity index (χ2n) is 4.83. The summed E-state index contributed by atoms with van der Waals surface area (Å²) in [4.78, 5) is 17.9. The monoisotopic (exact) mass is 292 g/mol. The Bertz CT molecular complexity index is 677. The molecule has 3 rings (SSSR count). The highest BCUT2D eigenvalue weighted by molar-refractivity contribution is 7.99. The first-order chi connectivity index (χ1) is 9.59. The van der Waals surface area contributed by atoms with E-state index in [4.69, 9.17) is 0 Å². The molecule has 20 heavy (non-hydrogen) atoms. The van der Waals surface area contributed by atoms with Gasteiger partial charge in [-0.05, 0) is 6.92 Å². The van der Waals surface area contributed by atoms with E-state index in [0.29, 0.717) is 0 Å². The number of fused-ring (bicyclic) bond motifs is 1. The van der Waals surface area contributed by atoms with Gasteiger partial charge in [-0.2, -0.15) is 16.9 Å². The van der Waals surface area contributed by atoms with Crippen LogP contribution in [-0.4, -0.2) is 50.4 Å². The average molecular weight is 292 g/mol. The predicted molar refractivity (Wildman–Crippen MR) is 79.7 cm³/mol. The van der Waals surface area contributed by atoms with Crippen molar-refractivity contribution >= 4 is 34.5 Å². The summed E-state index contributed by atoms with van der Waals surface area (Å²) in [6, 6.07) is 0. The summed E-state index contributed by atoms with van der Waals surface area (Å²) in [6.07, 6.45) is 1.45. The Balaban J connectivity index is 2.28. The molecule has 7 heteroatoms. The molecular formula is C13H16N4O2S. The van der Waals surface area contributed by atoms with Gasteiger partial charge in [-0.1, -0.05) is 0 Å². The zero-order chi connectivity index (χ0) is 14.3. The largest absolute Gasteiger partial charge is 0.478 e. The SMILES string of the molecule is Cc1nn(C)c2ncc(C(=O)O)c(N3CCSCC3)c12. The van der Waals surface area contributed by atoms with E-state index in [1.54, 1.807) is 4.68 Å². The molecule has 0 spiro atoms. The standard InChI is InChI=1S/C13H16N4O2S/c1-8-10-11(17-3-5-20-6-4-17)9(13(18)19)7-14-12(10)16(2)15-8/h7H,3-6H2,1-2H3,(H,18,19). The highest BCUT2D eigenvalue weighted by Crippen LogP contribution is 2.33. The van der Waals surface area contributed by atoms with Crippen LogP contribution in [-0.2, 0) is 7.05 Å². The molecule has 1 N–H and O–H groups in total. The van der Waals surface area contributed by atoms with Crippen LogP contribution in [0.5, 0.6) is 0 Å².